The van der Waals surface area contributed by atoms with Crippen molar-refractivity contribution in [3.8, 4) is 0 Å². The van der Waals surface area contributed by atoms with Crippen molar-refractivity contribution in [2.24, 2.45) is 5.92 Å². The molecular formula is C15H26O4. The summed E-state index contributed by atoms with van der Waals surface area (Å²) in [5.74, 6) is 0.586. The molecule has 0 saturated carbocycles. The lowest BCUT2D eigenvalue weighted by Gasteiger charge is -2.42. The lowest BCUT2D eigenvalue weighted by Crippen LogP contribution is -2.45. The van der Waals surface area contributed by atoms with Gasteiger partial charge in [0.1, 0.15) is 5.78 Å². The van der Waals surface area contributed by atoms with Gasteiger partial charge in [-0.1, -0.05) is 0 Å². The molecule has 2 aliphatic rings. The molecule has 1 atom stereocenters. The van der Waals surface area contributed by atoms with Gasteiger partial charge in [-0.3, -0.25) is 4.79 Å². The third-order valence-electron chi connectivity index (χ3n) is 4.27. The van der Waals surface area contributed by atoms with E-state index < -0.39 is 0 Å². The van der Waals surface area contributed by atoms with E-state index in [9.17, 15) is 4.79 Å². The monoisotopic (exact) mass is 270 g/mol. The average molecular weight is 270 g/mol. The number of Topliss-reactive ketones (excluding diaryl/α,β-unsaturated/α-hetero) is 1. The second kappa shape index (κ2) is 7.36. The Kier molecular flexibility index (Phi) is 5.79. The van der Waals surface area contributed by atoms with Crippen LogP contribution in [0.2, 0.25) is 0 Å². The molecule has 2 rings (SSSR count). The van der Waals surface area contributed by atoms with Crippen molar-refractivity contribution in [1.82, 2.24) is 0 Å². The summed E-state index contributed by atoms with van der Waals surface area (Å²) in [6.07, 6.45) is 5.16. The number of hydrogen-bond donors (Lipinski definition) is 0. The van der Waals surface area contributed by atoms with Crippen molar-refractivity contribution < 1.29 is 19.0 Å². The van der Waals surface area contributed by atoms with E-state index in [1.54, 1.807) is 0 Å². The molecule has 2 saturated heterocycles. The molecule has 0 bridgehead atoms. The Balaban J connectivity index is 1.78. The normalized spacial score (nSPS) is 26.5. The molecule has 2 heterocycles. The molecular weight excluding hydrogens is 244 g/mol. The van der Waals surface area contributed by atoms with Gasteiger partial charge >= 0.3 is 0 Å². The molecule has 0 radical (unpaired) electrons. The largest absolute Gasteiger partial charge is 0.382 e. The van der Waals surface area contributed by atoms with Crippen LogP contribution in [-0.2, 0) is 19.0 Å². The molecule has 2 aliphatic heterocycles. The van der Waals surface area contributed by atoms with Crippen LogP contribution in [0.5, 0.6) is 0 Å². The van der Waals surface area contributed by atoms with Gasteiger partial charge in [0.2, 0.25) is 0 Å². The Labute approximate surface area is 115 Å². The van der Waals surface area contributed by atoms with Crippen molar-refractivity contribution in [3.63, 3.8) is 0 Å². The van der Waals surface area contributed by atoms with Crippen molar-refractivity contribution in [1.29, 1.82) is 0 Å². The number of ketones is 1. The van der Waals surface area contributed by atoms with E-state index in [1.807, 2.05) is 6.92 Å². The van der Waals surface area contributed by atoms with Gasteiger partial charge < -0.3 is 14.2 Å². The maximum atomic E-state index is 12.2. The van der Waals surface area contributed by atoms with Crippen LogP contribution in [0.15, 0.2) is 0 Å². The first-order chi connectivity index (χ1) is 9.26. The van der Waals surface area contributed by atoms with Gasteiger partial charge in [-0.2, -0.15) is 0 Å². The quantitative estimate of drug-likeness (QED) is 0.695. The molecule has 1 spiro atoms. The highest BCUT2D eigenvalue weighted by molar-refractivity contribution is 5.81. The van der Waals surface area contributed by atoms with Crippen molar-refractivity contribution in [3.05, 3.63) is 0 Å². The Hall–Kier alpha value is -0.450. The summed E-state index contributed by atoms with van der Waals surface area (Å²) in [7, 11) is 0. The fourth-order valence-corrected chi connectivity index (χ4v) is 3.09. The Morgan fingerprint density at radius 1 is 1.32 bits per heavy atom. The molecule has 4 nitrogen and oxygen atoms in total. The number of ether oxygens (including phenoxy) is 3. The maximum Gasteiger partial charge on any atom is 0.136 e. The average Bonchev–Trinajstić information content (AvgIpc) is 2.44. The third kappa shape index (κ3) is 4.26. The van der Waals surface area contributed by atoms with E-state index in [2.05, 4.69) is 0 Å². The molecule has 1 unspecified atom stereocenters. The molecule has 0 N–H and O–H groups in total. The van der Waals surface area contributed by atoms with E-state index in [-0.39, 0.29) is 11.5 Å². The highest BCUT2D eigenvalue weighted by Gasteiger charge is 2.40. The number of hydrogen-bond acceptors (Lipinski definition) is 4. The minimum atomic E-state index is -0.0727. The fourth-order valence-electron chi connectivity index (χ4n) is 3.09. The van der Waals surface area contributed by atoms with Crippen LogP contribution in [0.3, 0.4) is 0 Å². The minimum absolute atomic E-state index is 0.0727. The van der Waals surface area contributed by atoms with Crippen molar-refractivity contribution in [2.75, 3.05) is 33.0 Å². The van der Waals surface area contributed by atoms with Crippen LogP contribution >= 0.6 is 0 Å². The standard InChI is InChI=1S/C15H26O4/c1-2-17-8-3-4-14(16)13-5-9-19-15(12-13)6-10-18-11-7-15/h13H,2-12H2,1H3. The van der Waals surface area contributed by atoms with Crippen LogP contribution in [0, 0.1) is 5.92 Å². The molecule has 19 heavy (non-hydrogen) atoms. The van der Waals surface area contributed by atoms with Gasteiger partial charge in [-0.05, 0) is 39.0 Å². The van der Waals surface area contributed by atoms with Crippen molar-refractivity contribution >= 4 is 5.78 Å². The van der Waals surface area contributed by atoms with Crippen LogP contribution in [0.25, 0.3) is 0 Å². The summed E-state index contributed by atoms with van der Waals surface area (Å²) in [4.78, 5) is 12.2. The molecule has 110 valence electrons. The lowest BCUT2D eigenvalue weighted by atomic mass is 9.78. The molecule has 0 aromatic rings. The second-order valence-electron chi connectivity index (χ2n) is 5.60. The zero-order chi connectivity index (χ0) is 13.6. The number of carbonyl (C=O) groups excluding carboxylic acids is 1. The first kappa shape index (κ1) is 14.9. The van der Waals surface area contributed by atoms with E-state index in [4.69, 9.17) is 14.2 Å². The van der Waals surface area contributed by atoms with Gasteiger partial charge in [-0.15, -0.1) is 0 Å². The third-order valence-corrected chi connectivity index (χ3v) is 4.27. The zero-order valence-electron chi connectivity index (χ0n) is 12.0. The van der Waals surface area contributed by atoms with Gasteiger partial charge in [-0.25, -0.2) is 0 Å². The zero-order valence-corrected chi connectivity index (χ0v) is 12.0. The van der Waals surface area contributed by atoms with Crippen molar-refractivity contribution in [2.45, 2.75) is 51.0 Å². The Bertz CT molecular complexity index is 278. The first-order valence-electron chi connectivity index (χ1n) is 7.58. The second-order valence-corrected chi connectivity index (χ2v) is 5.60. The fraction of sp³-hybridized carbons (Fsp3) is 0.933. The molecule has 0 aromatic heterocycles. The van der Waals surface area contributed by atoms with E-state index in [0.717, 1.165) is 58.5 Å². The molecule has 2 fully saturated rings. The summed E-state index contributed by atoms with van der Waals surface area (Å²) >= 11 is 0. The predicted molar refractivity (Wildman–Crippen MR) is 72.2 cm³/mol. The van der Waals surface area contributed by atoms with Gasteiger partial charge in [0.05, 0.1) is 5.60 Å². The SMILES string of the molecule is CCOCCCC(=O)C1CCOC2(CCOCC2)C1. The lowest BCUT2D eigenvalue weighted by molar-refractivity contribution is -0.157. The highest BCUT2D eigenvalue weighted by Crippen LogP contribution is 2.37. The van der Waals surface area contributed by atoms with Gasteiger partial charge in [0.25, 0.3) is 0 Å². The number of carbonyl (C=O) groups is 1. The maximum absolute atomic E-state index is 12.2. The van der Waals surface area contributed by atoms with E-state index >= 15 is 0 Å². The van der Waals surface area contributed by atoms with Crippen LogP contribution < -0.4 is 0 Å². The summed E-state index contributed by atoms with van der Waals surface area (Å²) in [5.41, 5.74) is -0.0727. The number of rotatable bonds is 6. The predicted octanol–water partition coefficient (Wildman–Crippen LogP) is 2.35. The van der Waals surface area contributed by atoms with Gasteiger partial charge in [0.15, 0.2) is 0 Å². The highest BCUT2D eigenvalue weighted by atomic mass is 16.5. The molecule has 0 amide bonds. The van der Waals surface area contributed by atoms with Crippen LogP contribution in [0.1, 0.15) is 45.4 Å². The van der Waals surface area contributed by atoms with Gasteiger partial charge in [0, 0.05) is 45.4 Å². The smallest absolute Gasteiger partial charge is 0.136 e. The topological polar surface area (TPSA) is 44.8 Å². The molecule has 4 heteroatoms. The van der Waals surface area contributed by atoms with E-state index in [1.165, 1.54) is 0 Å². The molecule has 0 aromatic carbocycles. The van der Waals surface area contributed by atoms with Crippen LogP contribution in [0.4, 0.5) is 0 Å². The summed E-state index contributed by atoms with van der Waals surface area (Å²) in [6, 6.07) is 0. The minimum Gasteiger partial charge on any atom is -0.382 e. The van der Waals surface area contributed by atoms with E-state index in [0.29, 0.717) is 18.8 Å². The summed E-state index contributed by atoms with van der Waals surface area (Å²) in [5, 5.41) is 0. The Morgan fingerprint density at radius 3 is 2.84 bits per heavy atom. The first-order valence-corrected chi connectivity index (χ1v) is 7.58. The summed E-state index contributed by atoms with van der Waals surface area (Å²) in [6.45, 7) is 5.67. The molecule has 0 aliphatic carbocycles. The van der Waals surface area contributed by atoms with Crippen LogP contribution in [-0.4, -0.2) is 44.4 Å². The Morgan fingerprint density at radius 2 is 2.11 bits per heavy atom. The summed E-state index contributed by atoms with van der Waals surface area (Å²) < 4.78 is 16.7.